The largest absolute Gasteiger partial charge is 0.368 e. The van der Waals surface area contributed by atoms with Crippen LogP contribution in [-0.2, 0) is 0 Å². The standard InChI is InChI=1S/2C11H11N3/c2*1-8-7-10(14-11(12)13-8)9-5-3-2-4-6-9/h2*2-7H,1H3,(H2,12,13,14). The Hall–Kier alpha value is -3.80. The van der Waals surface area contributed by atoms with Gasteiger partial charge in [0.15, 0.2) is 0 Å². The lowest BCUT2D eigenvalue weighted by atomic mass is 10.1. The summed E-state index contributed by atoms with van der Waals surface area (Å²) < 4.78 is 0. The number of nitrogen functional groups attached to an aromatic ring is 2. The molecule has 0 atom stereocenters. The molecule has 0 aliphatic carbocycles. The van der Waals surface area contributed by atoms with E-state index in [1.54, 1.807) is 0 Å². The molecule has 2 aromatic heterocycles. The Labute approximate surface area is 164 Å². The highest BCUT2D eigenvalue weighted by Gasteiger charge is 2.02. The maximum absolute atomic E-state index is 5.57. The monoisotopic (exact) mass is 370 g/mol. The molecule has 140 valence electrons. The first-order chi connectivity index (χ1) is 13.5. The lowest BCUT2D eigenvalue weighted by molar-refractivity contribution is 1.12. The van der Waals surface area contributed by atoms with Gasteiger partial charge in [-0.1, -0.05) is 60.7 Å². The van der Waals surface area contributed by atoms with E-state index in [2.05, 4.69) is 19.9 Å². The molecule has 2 aromatic carbocycles. The van der Waals surface area contributed by atoms with Crippen LogP contribution in [0.4, 0.5) is 11.9 Å². The predicted octanol–water partition coefficient (Wildman–Crippen LogP) is 4.07. The van der Waals surface area contributed by atoms with E-state index < -0.39 is 0 Å². The second-order valence-electron chi connectivity index (χ2n) is 6.24. The average Bonchev–Trinajstić information content (AvgIpc) is 2.68. The number of benzene rings is 2. The summed E-state index contributed by atoms with van der Waals surface area (Å²) in [7, 11) is 0. The molecule has 2 heterocycles. The van der Waals surface area contributed by atoms with Gasteiger partial charge in [-0.05, 0) is 26.0 Å². The second kappa shape index (κ2) is 8.73. The van der Waals surface area contributed by atoms with Crippen molar-refractivity contribution < 1.29 is 0 Å². The lowest BCUT2D eigenvalue weighted by Gasteiger charge is -2.02. The zero-order valence-corrected chi connectivity index (χ0v) is 15.9. The summed E-state index contributed by atoms with van der Waals surface area (Å²) in [5.41, 5.74) is 16.8. The Morgan fingerprint density at radius 3 is 1.21 bits per heavy atom. The minimum absolute atomic E-state index is 0.323. The summed E-state index contributed by atoms with van der Waals surface area (Å²) in [6.45, 7) is 3.81. The zero-order chi connectivity index (χ0) is 19.9. The van der Waals surface area contributed by atoms with Crippen LogP contribution in [0.5, 0.6) is 0 Å². The fraction of sp³-hybridized carbons (Fsp3) is 0.0909. The molecular formula is C22H22N6. The molecule has 4 N–H and O–H groups in total. The third kappa shape index (κ3) is 5.11. The van der Waals surface area contributed by atoms with Crippen molar-refractivity contribution in [1.82, 2.24) is 19.9 Å². The highest BCUT2D eigenvalue weighted by Crippen LogP contribution is 2.18. The quantitative estimate of drug-likeness (QED) is 0.551. The summed E-state index contributed by atoms with van der Waals surface area (Å²) in [4.78, 5) is 16.4. The summed E-state index contributed by atoms with van der Waals surface area (Å²) in [6.07, 6.45) is 0. The minimum atomic E-state index is 0.323. The van der Waals surface area contributed by atoms with Crippen molar-refractivity contribution >= 4 is 11.9 Å². The van der Waals surface area contributed by atoms with Crippen LogP contribution in [0, 0.1) is 13.8 Å². The summed E-state index contributed by atoms with van der Waals surface area (Å²) in [6, 6.07) is 23.7. The van der Waals surface area contributed by atoms with Gasteiger partial charge in [0.05, 0.1) is 11.4 Å². The van der Waals surface area contributed by atoms with E-state index in [4.69, 9.17) is 11.5 Å². The van der Waals surface area contributed by atoms with Crippen LogP contribution in [0.3, 0.4) is 0 Å². The maximum Gasteiger partial charge on any atom is 0.220 e. The highest BCUT2D eigenvalue weighted by molar-refractivity contribution is 5.61. The Bertz CT molecular complexity index is 922. The summed E-state index contributed by atoms with van der Waals surface area (Å²) >= 11 is 0. The van der Waals surface area contributed by atoms with Crippen molar-refractivity contribution in [3.8, 4) is 22.5 Å². The number of aryl methyl sites for hydroxylation is 2. The van der Waals surface area contributed by atoms with Crippen molar-refractivity contribution in [2.45, 2.75) is 13.8 Å². The molecule has 0 amide bonds. The molecule has 0 unspecified atom stereocenters. The lowest BCUT2D eigenvalue weighted by Crippen LogP contribution is -1.97. The number of hydrogen-bond acceptors (Lipinski definition) is 6. The molecular weight excluding hydrogens is 348 g/mol. The third-order valence-electron chi connectivity index (χ3n) is 3.88. The fourth-order valence-corrected chi connectivity index (χ4v) is 2.70. The van der Waals surface area contributed by atoms with Gasteiger partial charge in [-0.25, -0.2) is 19.9 Å². The molecule has 0 spiro atoms. The Morgan fingerprint density at radius 1 is 0.536 bits per heavy atom. The number of anilines is 2. The highest BCUT2D eigenvalue weighted by atomic mass is 15.0. The van der Waals surface area contributed by atoms with Crippen LogP contribution in [0.25, 0.3) is 22.5 Å². The van der Waals surface area contributed by atoms with Gasteiger partial charge in [0.2, 0.25) is 11.9 Å². The molecule has 4 rings (SSSR count). The number of aromatic nitrogens is 4. The third-order valence-corrected chi connectivity index (χ3v) is 3.88. The minimum Gasteiger partial charge on any atom is -0.368 e. The molecule has 6 nitrogen and oxygen atoms in total. The van der Waals surface area contributed by atoms with Crippen molar-refractivity contribution in [2.24, 2.45) is 0 Å². The number of rotatable bonds is 2. The first-order valence-corrected chi connectivity index (χ1v) is 8.84. The van der Waals surface area contributed by atoms with E-state index in [1.165, 1.54) is 0 Å². The van der Waals surface area contributed by atoms with Crippen LogP contribution in [0.1, 0.15) is 11.4 Å². The number of nitrogens with two attached hydrogens (primary N) is 2. The van der Waals surface area contributed by atoms with Crippen molar-refractivity contribution in [3.63, 3.8) is 0 Å². The summed E-state index contributed by atoms with van der Waals surface area (Å²) in [5.74, 6) is 0.646. The fourth-order valence-electron chi connectivity index (χ4n) is 2.70. The topological polar surface area (TPSA) is 104 Å². The van der Waals surface area contributed by atoms with Crippen LogP contribution in [0.15, 0.2) is 72.8 Å². The first-order valence-electron chi connectivity index (χ1n) is 8.84. The molecule has 6 heteroatoms. The zero-order valence-electron chi connectivity index (χ0n) is 15.9. The first kappa shape index (κ1) is 19.0. The number of hydrogen-bond donors (Lipinski definition) is 2. The van der Waals surface area contributed by atoms with Crippen LogP contribution in [-0.4, -0.2) is 19.9 Å². The van der Waals surface area contributed by atoms with Crippen LogP contribution < -0.4 is 11.5 Å². The predicted molar refractivity (Wildman–Crippen MR) is 113 cm³/mol. The Kier molecular flexibility index (Phi) is 5.91. The SMILES string of the molecule is Cc1cc(-c2ccccc2)nc(N)n1.Cc1cc(-c2ccccc2)nc(N)n1. The van der Waals surface area contributed by atoms with E-state index in [9.17, 15) is 0 Å². The van der Waals surface area contributed by atoms with Gasteiger partial charge >= 0.3 is 0 Å². The molecule has 4 aromatic rings. The molecule has 0 radical (unpaired) electrons. The van der Waals surface area contributed by atoms with E-state index in [-0.39, 0.29) is 0 Å². The Balaban J connectivity index is 0.000000161. The van der Waals surface area contributed by atoms with Crippen LogP contribution >= 0.6 is 0 Å². The molecule has 0 aliphatic heterocycles. The molecule has 28 heavy (non-hydrogen) atoms. The van der Waals surface area contributed by atoms with E-state index in [0.717, 1.165) is 33.9 Å². The number of nitrogens with zero attached hydrogens (tertiary/aromatic N) is 4. The molecule has 0 aliphatic rings. The van der Waals surface area contributed by atoms with Crippen molar-refractivity contribution in [3.05, 3.63) is 84.2 Å². The van der Waals surface area contributed by atoms with Crippen LogP contribution in [0.2, 0.25) is 0 Å². The van der Waals surface area contributed by atoms with Crippen molar-refractivity contribution in [2.75, 3.05) is 11.5 Å². The Morgan fingerprint density at radius 2 is 0.893 bits per heavy atom. The summed E-state index contributed by atoms with van der Waals surface area (Å²) in [5, 5.41) is 0. The second-order valence-corrected chi connectivity index (χ2v) is 6.24. The van der Waals surface area contributed by atoms with E-state index in [1.807, 2.05) is 86.6 Å². The molecule has 0 saturated heterocycles. The molecule has 0 saturated carbocycles. The van der Waals surface area contributed by atoms with Gasteiger partial charge < -0.3 is 11.5 Å². The van der Waals surface area contributed by atoms with Gasteiger partial charge in [0.1, 0.15) is 0 Å². The van der Waals surface area contributed by atoms with E-state index in [0.29, 0.717) is 11.9 Å². The normalized spacial score (nSPS) is 10.1. The average molecular weight is 370 g/mol. The van der Waals surface area contributed by atoms with E-state index >= 15 is 0 Å². The van der Waals surface area contributed by atoms with Gasteiger partial charge in [-0.3, -0.25) is 0 Å². The maximum atomic E-state index is 5.57. The smallest absolute Gasteiger partial charge is 0.220 e. The van der Waals surface area contributed by atoms with Gasteiger partial charge in [0.25, 0.3) is 0 Å². The van der Waals surface area contributed by atoms with Crippen molar-refractivity contribution in [1.29, 1.82) is 0 Å². The molecule has 0 bridgehead atoms. The molecule has 0 fully saturated rings. The van der Waals surface area contributed by atoms with Gasteiger partial charge in [0, 0.05) is 22.5 Å². The van der Waals surface area contributed by atoms with Gasteiger partial charge in [-0.15, -0.1) is 0 Å². The van der Waals surface area contributed by atoms with Gasteiger partial charge in [-0.2, -0.15) is 0 Å².